The second-order valence-electron chi connectivity index (χ2n) is 14.6. The van der Waals surface area contributed by atoms with Crippen LogP contribution in [0.15, 0.2) is 115 Å². The highest BCUT2D eigenvalue weighted by atomic mass is 15.2. The third-order valence-corrected chi connectivity index (χ3v) is 11.2. The number of para-hydroxylation sites is 2. The molecule has 0 bridgehead atoms. The van der Waals surface area contributed by atoms with E-state index in [0.29, 0.717) is 0 Å². The van der Waals surface area contributed by atoms with Crippen LogP contribution in [0.3, 0.4) is 0 Å². The number of fused-ring (bicyclic) bond motifs is 1. The molecule has 6 aromatic rings. The van der Waals surface area contributed by atoms with E-state index in [1.54, 1.807) is 0 Å². The SMILES string of the molecule is CC.CC1(C)c2cccc3c2N2c4c1cccc4C(C)(C)c1cc(-c4ccc(-c5ccccc5)c5ccccc45)cc(c12)C3(C)C. The van der Waals surface area contributed by atoms with Gasteiger partial charge in [-0.15, -0.1) is 0 Å². The van der Waals surface area contributed by atoms with E-state index >= 15 is 0 Å². The Bertz CT molecular complexity index is 2100. The molecular formula is C45H43N. The summed E-state index contributed by atoms with van der Waals surface area (Å²) >= 11 is 0. The van der Waals surface area contributed by atoms with Gasteiger partial charge in [0.2, 0.25) is 0 Å². The van der Waals surface area contributed by atoms with Gasteiger partial charge in [0.1, 0.15) is 0 Å². The zero-order chi connectivity index (χ0) is 32.2. The molecule has 0 unspecified atom stereocenters. The van der Waals surface area contributed by atoms with E-state index < -0.39 is 0 Å². The minimum atomic E-state index is -0.155. The van der Waals surface area contributed by atoms with Crippen molar-refractivity contribution in [3.63, 3.8) is 0 Å². The quantitative estimate of drug-likeness (QED) is 0.192. The first-order valence-electron chi connectivity index (χ1n) is 17.0. The van der Waals surface area contributed by atoms with Crippen LogP contribution in [-0.2, 0) is 16.2 Å². The van der Waals surface area contributed by atoms with Crippen LogP contribution in [0.25, 0.3) is 33.0 Å². The number of hydrogen-bond acceptors (Lipinski definition) is 1. The molecule has 6 aromatic carbocycles. The van der Waals surface area contributed by atoms with Crippen molar-refractivity contribution in [3.05, 3.63) is 149 Å². The molecule has 1 heteroatoms. The largest absolute Gasteiger partial charge is 0.309 e. The molecule has 0 amide bonds. The third kappa shape index (κ3) is 3.58. The van der Waals surface area contributed by atoms with E-state index in [1.807, 2.05) is 13.8 Å². The summed E-state index contributed by atoms with van der Waals surface area (Å²) in [5, 5.41) is 2.60. The smallest absolute Gasteiger partial charge is 0.0544 e. The summed E-state index contributed by atoms with van der Waals surface area (Å²) in [7, 11) is 0. The second-order valence-corrected chi connectivity index (χ2v) is 14.6. The van der Waals surface area contributed by atoms with Crippen LogP contribution in [0.1, 0.15) is 88.8 Å². The Balaban J connectivity index is 0.00000153. The molecule has 0 N–H and O–H groups in total. The molecule has 0 fully saturated rings. The summed E-state index contributed by atoms with van der Waals surface area (Å²) in [6, 6.07) is 43.5. The molecule has 0 spiro atoms. The summed E-state index contributed by atoms with van der Waals surface area (Å²) in [4.78, 5) is 2.65. The lowest BCUT2D eigenvalue weighted by molar-refractivity contribution is 0.567. The molecule has 3 aliphatic heterocycles. The van der Waals surface area contributed by atoms with E-state index in [-0.39, 0.29) is 16.2 Å². The van der Waals surface area contributed by atoms with E-state index in [0.717, 1.165) is 0 Å². The van der Waals surface area contributed by atoms with Gasteiger partial charge in [-0.05, 0) is 78.5 Å². The highest BCUT2D eigenvalue weighted by Crippen LogP contribution is 2.66. The average molecular weight is 598 g/mol. The molecule has 3 heterocycles. The van der Waals surface area contributed by atoms with Crippen molar-refractivity contribution < 1.29 is 0 Å². The van der Waals surface area contributed by atoms with Crippen LogP contribution < -0.4 is 4.90 Å². The molecule has 46 heavy (non-hydrogen) atoms. The fourth-order valence-electron chi connectivity index (χ4n) is 8.76. The number of rotatable bonds is 2. The molecule has 0 aliphatic carbocycles. The topological polar surface area (TPSA) is 3.24 Å². The van der Waals surface area contributed by atoms with Crippen molar-refractivity contribution in [2.75, 3.05) is 4.90 Å². The summed E-state index contributed by atoms with van der Waals surface area (Å²) in [5.74, 6) is 0. The average Bonchev–Trinajstić information content (AvgIpc) is 3.08. The number of anilines is 3. The van der Waals surface area contributed by atoms with Crippen molar-refractivity contribution in [2.45, 2.75) is 71.6 Å². The zero-order valence-corrected chi connectivity index (χ0v) is 28.4. The molecule has 0 radical (unpaired) electrons. The lowest BCUT2D eigenvalue weighted by Gasteiger charge is -2.55. The fourth-order valence-corrected chi connectivity index (χ4v) is 8.76. The van der Waals surface area contributed by atoms with Gasteiger partial charge >= 0.3 is 0 Å². The standard InChI is InChI=1S/C43H37N.C2H6/c1-41(2)32-18-12-20-34-38(32)44-39-33(41)19-13-21-35(39)43(5,6)37-25-27(24-36(40(37)44)42(34,3)4)29-23-22-28(26-14-8-7-9-15-26)30-16-10-11-17-31(29)30;1-2/h7-25H,1-6H3;1-2H3. The summed E-state index contributed by atoms with van der Waals surface area (Å²) in [6.07, 6.45) is 0. The Morgan fingerprint density at radius 1 is 0.370 bits per heavy atom. The molecule has 0 saturated carbocycles. The maximum Gasteiger partial charge on any atom is 0.0544 e. The molecule has 0 aromatic heterocycles. The van der Waals surface area contributed by atoms with Crippen LogP contribution >= 0.6 is 0 Å². The highest BCUT2D eigenvalue weighted by molar-refractivity contribution is 6.06. The molecule has 228 valence electrons. The van der Waals surface area contributed by atoms with Gasteiger partial charge in [0.05, 0.1) is 17.1 Å². The van der Waals surface area contributed by atoms with Crippen molar-refractivity contribution >= 4 is 27.8 Å². The van der Waals surface area contributed by atoms with Gasteiger partial charge < -0.3 is 4.90 Å². The Kier molecular flexibility index (Phi) is 6.07. The minimum absolute atomic E-state index is 0.0757. The van der Waals surface area contributed by atoms with Crippen LogP contribution in [0.4, 0.5) is 17.1 Å². The fraction of sp³-hybridized carbons (Fsp3) is 0.244. The van der Waals surface area contributed by atoms with E-state index in [9.17, 15) is 0 Å². The Hall–Kier alpha value is -4.62. The Labute approximate surface area is 274 Å². The third-order valence-electron chi connectivity index (χ3n) is 11.2. The monoisotopic (exact) mass is 597 g/mol. The van der Waals surface area contributed by atoms with Crippen LogP contribution in [0, 0.1) is 0 Å². The van der Waals surface area contributed by atoms with Gasteiger partial charge in [0.25, 0.3) is 0 Å². The van der Waals surface area contributed by atoms with Gasteiger partial charge in [-0.2, -0.15) is 0 Å². The minimum Gasteiger partial charge on any atom is -0.309 e. The summed E-state index contributed by atoms with van der Waals surface area (Å²) in [5.41, 5.74) is 17.5. The van der Waals surface area contributed by atoms with Gasteiger partial charge in [-0.3, -0.25) is 0 Å². The van der Waals surface area contributed by atoms with E-state index in [2.05, 4.69) is 162 Å². The second kappa shape index (κ2) is 9.69. The molecule has 3 aliphatic rings. The molecule has 0 saturated heterocycles. The normalized spacial score (nSPS) is 16.7. The lowest BCUT2D eigenvalue weighted by Crippen LogP contribution is -2.43. The van der Waals surface area contributed by atoms with Crippen LogP contribution in [-0.4, -0.2) is 0 Å². The Morgan fingerprint density at radius 3 is 1.20 bits per heavy atom. The summed E-state index contributed by atoms with van der Waals surface area (Å²) in [6.45, 7) is 18.6. The highest BCUT2D eigenvalue weighted by Gasteiger charge is 2.51. The van der Waals surface area contributed by atoms with Gasteiger partial charge in [0, 0.05) is 16.2 Å². The Morgan fingerprint density at radius 2 is 0.739 bits per heavy atom. The van der Waals surface area contributed by atoms with E-state index in [1.165, 1.54) is 83.5 Å². The molecule has 0 atom stereocenters. The molecule has 9 rings (SSSR count). The molecule has 1 nitrogen and oxygen atoms in total. The first-order chi connectivity index (χ1) is 22.1. The number of nitrogens with zero attached hydrogens (tertiary/aromatic N) is 1. The zero-order valence-electron chi connectivity index (χ0n) is 28.4. The van der Waals surface area contributed by atoms with E-state index in [4.69, 9.17) is 0 Å². The lowest BCUT2D eigenvalue weighted by atomic mass is 9.60. The van der Waals surface area contributed by atoms with Crippen LogP contribution in [0.5, 0.6) is 0 Å². The van der Waals surface area contributed by atoms with Crippen molar-refractivity contribution in [1.29, 1.82) is 0 Å². The molecular weight excluding hydrogens is 555 g/mol. The van der Waals surface area contributed by atoms with Crippen molar-refractivity contribution in [3.8, 4) is 22.3 Å². The number of benzene rings is 6. The van der Waals surface area contributed by atoms with Crippen molar-refractivity contribution in [2.24, 2.45) is 0 Å². The van der Waals surface area contributed by atoms with Gasteiger partial charge in [-0.1, -0.05) is 159 Å². The predicted octanol–water partition coefficient (Wildman–Crippen LogP) is 12.6. The van der Waals surface area contributed by atoms with Crippen molar-refractivity contribution in [1.82, 2.24) is 0 Å². The maximum atomic E-state index is 2.65. The predicted molar refractivity (Wildman–Crippen MR) is 197 cm³/mol. The first kappa shape index (κ1) is 28.8. The van der Waals surface area contributed by atoms with Gasteiger partial charge in [0.15, 0.2) is 0 Å². The van der Waals surface area contributed by atoms with Gasteiger partial charge in [-0.25, -0.2) is 0 Å². The van der Waals surface area contributed by atoms with Crippen LogP contribution in [0.2, 0.25) is 0 Å². The number of hydrogen-bond donors (Lipinski definition) is 0. The maximum absolute atomic E-state index is 2.65. The first-order valence-corrected chi connectivity index (χ1v) is 17.0. The summed E-state index contributed by atoms with van der Waals surface area (Å²) < 4.78 is 0.